The Morgan fingerprint density at radius 3 is 2.50 bits per heavy atom. The van der Waals surface area contributed by atoms with Crippen LogP contribution in [0.1, 0.15) is 35.0 Å². The van der Waals surface area contributed by atoms with Crippen LogP contribution in [0.15, 0.2) is 59.5 Å². The zero-order chi connectivity index (χ0) is 20.1. The first kappa shape index (κ1) is 19.2. The number of carboxylic acid groups (broad SMARTS) is 1. The Bertz CT molecular complexity index is 1080. The molecule has 0 amide bonds. The largest absolute Gasteiger partial charge is 0.478 e. The maximum absolute atomic E-state index is 12.6. The number of nitrogens with zero attached hydrogens (tertiary/aromatic N) is 2. The van der Waals surface area contributed by atoms with Crippen molar-refractivity contribution in [2.24, 2.45) is 0 Å². The van der Waals surface area contributed by atoms with Crippen LogP contribution in [0.3, 0.4) is 0 Å². The fourth-order valence-electron chi connectivity index (χ4n) is 3.27. The summed E-state index contributed by atoms with van der Waals surface area (Å²) in [6, 6.07) is 14.5. The Kier molecular flexibility index (Phi) is 5.81. The number of aryl methyl sites for hydroxylation is 2. The summed E-state index contributed by atoms with van der Waals surface area (Å²) in [6.07, 6.45) is 8.48. The summed E-state index contributed by atoms with van der Waals surface area (Å²) in [5.41, 5.74) is 3.61. The van der Waals surface area contributed by atoms with Gasteiger partial charge < -0.3 is 5.11 Å². The van der Waals surface area contributed by atoms with Crippen molar-refractivity contribution in [3.63, 3.8) is 0 Å². The van der Waals surface area contributed by atoms with Crippen molar-refractivity contribution in [2.75, 3.05) is 0 Å². The van der Waals surface area contributed by atoms with Gasteiger partial charge in [-0.3, -0.25) is 9.13 Å². The third kappa shape index (κ3) is 3.91. The number of aromatic nitrogens is 2. The van der Waals surface area contributed by atoms with E-state index in [0.29, 0.717) is 31.5 Å². The van der Waals surface area contributed by atoms with E-state index in [-0.39, 0.29) is 11.3 Å². The molecule has 2 aromatic carbocycles. The van der Waals surface area contributed by atoms with Crippen molar-refractivity contribution in [1.82, 2.24) is 9.13 Å². The number of hydrogen-bond acceptors (Lipinski definition) is 2. The smallest absolute Gasteiger partial charge is 0.336 e. The number of benzene rings is 2. The molecule has 0 atom stereocenters. The van der Waals surface area contributed by atoms with Crippen LogP contribution >= 0.6 is 0 Å². The van der Waals surface area contributed by atoms with E-state index in [9.17, 15) is 14.7 Å². The van der Waals surface area contributed by atoms with Gasteiger partial charge in [-0.15, -0.1) is 12.3 Å². The van der Waals surface area contributed by atoms with Gasteiger partial charge in [0.05, 0.1) is 12.1 Å². The molecule has 5 nitrogen and oxygen atoms in total. The van der Waals surface area contributed by atoms with Crippen LogP contribution in [0.4, 0.5) is 0 Å². The highest BCUT2D eigenvalue weighted by Gasteiger charge is 2.13. The SMILES string of the molecule is C#CCCc1cn(CC)c(=O)n1Cc1ccc(-c2ccccc2C(=O)O)cc1. The zero-order valence-corrected chi connectivity index (χ0v) is 15.8. The van der Waals surface area contributed by atoms with E-state index in [2.05, 4.69) is 5.92 Å². The monoisotopic (exact) mass is 374 g/mol. The van der Waals surface area contributed by atoms with Gasteiger partial charge in [0.2, 0.25) is 0 Å². The van der Waals surface area contributed by atoms with E-state index >= 15 is 0 Å². The minimum Gasteiger partial charge on any atom is -0.478 e. The number of carbonyl (C=O) groups is 1. The Hall–Kier alpha value is -3.52. The zero-order valence-electron chi connectivity index (χ0n) is 15.8. The molecule has 3 rings (SSSR count). The summed E-state index contributed by atoms with van der Waals surface area (Å²) in [6.45, 7) is 3.00. The number of imidazole rings is 1. The molecule has 0 aliphatic heterocycles. The lowest BCUT2D eigenvalue weighted by molar-refractivity contribution is 0.0697. The van der Waals surface area contributed by atoms with Crippen molar-refractivity contribution in [3.8, 4) is 23.5 Å². The normalized spacial score (nSPS) is 10.6. The first-order valence-electron chi connectivity index (χ1n) is 9.19. The van der Waals surface area contributed by atoms with E-state index in [1.54, 1.807) is 27.3 Å². The molecule has 1 N–H and O–H groups in total. The second-order valence-electron chi connectivity index (χ2n) is 6.53. The van der Waals surface area contributed by atoms with Crippen molar-refractivity contribution < 1.29 is 9.90 Å². The minimum absolute atomic E-state index is 0.0465. The van der Waals surface area contributed by atoms with Gasteiger partial charge in [0.15, 0.2) is 0 Å². The second kappa shape index (κ2) is 8.45. The van der Waals surface area contributed by atoms with Crippen LogP contribution in [0.2, 0.25) is 0 Å². The number of carboxylic acids is 1. The fraction of sp³-hybridized carbons (Fsp3) is 0.217. The van der Waals surface area contributed by atoms with Gasteiger partial charge in [-0.25, -0.2) is 9.59 Å². The maximum Gasteiger partial charge on any atom is 0.336 e. The Morgan fingerprint density at radius 1 is 1.14 bits per heavy atom. The van der Waals surface area contributed by atoms with Gasteiger partial charge in [-0.2, -0.15) is 0 Å². The Morgan fingerprint density at radius 2 is 1.86 bits per heavy atom. The van der Waals surface area contributed by atoms with Crippen molar-refractivity contribution in [3.05, 3.63) is 82.0 Å². The average molecular weight is 374 g/mol. The molecule has 0 saturated heterocycles. The van der Waals surface area contributed by atoms with E-state index in [0.717, 1.165) is 16.8 Å². The molecule has 0 saturated carbocycles. The van der Waals surface area contributed by atoms with E-state index < -0.39 is 5.97 Å². The third-order valence-corrected chi connectivity index (χ3v) is 4.76. The molecule has 0 aliphatic rings. The molecule has 142 valence electrons. The molecule has 0 radical (unpaired) electrons. The summed E-state index contributed by atoms with van der Waals surface area (Å²) >= 11 is 0. The molecule has 3 aromatic rings. The highest BCUT2D eigenvalue weighted by atomic mass is 16.4. The molecule has 1 heterocycles. The molecule has 0 bridgehead atoms. The quantitative estimate of drug-likeness (QED) is 0.642. The van der Waals surface area contributed by atoms with Crippen LogP contribution in [-0.2, 0) is 19.5 Å². The summed E-state index contributed by atoms with van der Waals surface area (Å²) < 4.78 is 3.43. The van der Waals surface area contributed by atoms with Gasteiger partial charge in [0.1, 0.15) is 0 Å². The molecule has 5 heteroatoms. The number of hydrogen-bond donors (Lipinski definition) is 1. The van der Waals surface area contributed by atoms with E-state index in [4.69, 9.17) is 6.42 Å². The molecule has 0 spiro atoms. The lowest BCUT2D eigenvalue weighted by Crippen LogP contribution is -2.25. The topological polar surface area (TPSA) is 64.2 Å². The van der Waals surface area contributed by atoms with Crippen LogP contribution in [0.5, 0.6) is 0 Å². The van der Waals surface area contributed by atoms with Crippen molar-refractivity contribution in [2.45, 2.75) is 32.9 Å². The first-order chi connectivity index (χ1) is 13.5. The number of rotatable bonds is 7. The van der Waals surface area contributed by atoms with Crippen molar-refractivity contribution >= 4 is 5.97 Å². The summed E-state index contributed by atoms with van der Waals surface area (Å²) in [4.78, 5) is 24.0. The highest BCUT2D eigenvalue weighted by Crippen LogP contribution is 2.24. The predicted molar refractivity (Wildman–Crippen MR) is 109 cm³/mol. The first-order valence-corrected chi connectivity index (χ1v) is 9.19. The molecule has 0 unspecified atom stereocenters. The van der Waals surface area contributed by atoms with Gasteiger partial charge in [-0.1, -0.05) is 42.5 Å². The fourth-order valence-corrected chi connectivity index (χ4v) is 3.27. The summed E-state index contributed by atoms with van der Waals surface area (Å²) in [5.74, 6) is 1.67. The van der Waals surface area contributed by atoms with Gasteiger partial charge in [0.25, 0.3) is 0 Å². The van der Waals surface area contributed by atoms with E-state index in [1.165, 1.54) is 0 Å². The average Bonchev–Trinajstić information content (AvgIpc) is 3.01. The summed E-state index contributed by atoms with van der Waals surface area (Å²) in [7, 11) is 0. The molecule has 0 fully saturated rings. The molecular weight excluding hydrogens is 352 g/mol. The molecule has 28 heavy (non-hydrogen) atoms. The van der Waals surface area contributed by atoms with Crippen LogP contribution in [-0.4, -0.2) is 20.2 Å². The number of terminal acetylenes is 1. The van der Waals surface area contributed by atoms with Crippen molar-refractivity contribution in [1.29, 1.82) is 0 Å². The standard InChI is InChI=1S/C23H22N2O3/c1-3-5-8-19-16-24(4-2)23(28)25(19)15-17-11-13-18(14-12-17)20-9-6-7-10-21(20)22(26)27/h1,6-7,9-14,16H,4-5,8,15H2,2H3,(H,26,27). The predicted octanol–water partition coefficient (Wildman–Crippen LogP) is 3.65. The maximum atomic E-state index is 12.6. The lowest BCUT2D eigenvalue weighted by atomic mass is 9.99. The van der Waals surface area contributed by atoms with Gasteiger partial charge >= 0.3 is 11.7 Å². The third-order valence-electron chi connectivity index (χ3n) is 4.76. The van der Waals surface area contributed by atoms with Crippen LogP contribution < -0.4 is 5.69 Å². The van der Waals surface area contributed by atoms with Crippen LogP contribution in [0, 0.1) is 12.3 Å². The van der Waals surface area contributed by atoms with E-state index in [1.807, 2.05) is 43.5 Å². The lowest BCUT2D eigenvalue weighted by Gasteiger charge is -2.09. The summed E-state index contributed by atoms with van der Waals surface area (Å²) in [5, 5.41) is 9.38. The van der Waals surface area contributed by atoms with Gasteiger partial charge in [-0.05, 0) is 29.7 Å². The van der Waals surface area contributed by atoms with Gasteiger partial charge in [0, 0.05) is 31.3 Å². The molecule has 1 aromatic heterocycles. The minimum atomic E-state index is -0.953. The highest BCUT2D eigenvalue weighted by molar-refractivity contribution is 5.95. The Labute approximate surface area is 163 Å². The Balaban J connectivity index is 1.90. The second-order valence-corrected chi connectivity index (χ2v) is 6.53. The molecule has 0 aliphatic carbocycles. The van der Waals surface area contributed by atoms with Crippen LogP contribution in [0.25, 0.3) is 11.1 Å². The number of aromatic carboxylic acids is 1. The molecular formula is C23H22N2O3.